The zero-order valence-electron chi connectivity index (χ0n) is 9.57. The van der Waals surface area contributed by atoms with Gasteiger partial charge in [0.25, 0.3) is 0 Å². The lowest BCUT2D eigenvalue weighted by atomic mass is 10.1. The number of rotatable bonds is 3. The Morgan fingerprint density at radius 3 is 2.93 bits per heavy atom. The quantitative estimate of drug-likeness (QED) is 0.761. The second-order valence-corrected chi connectivity index (χ2v) is 3.99. The SMILES string of the molecule is CCN(C)Cc1ccc2cnn(C)c2c1. The summed E-state index contributed by atoms with van der Waals surface area (Å²) in [6.07, 6.45) is 1.91. The predicted molar refractivity (Wildman–Crippen MR) is 62.7 cm³/mol. The number of hydrogen-bond acceptors (Lipinski definition) is 2. The molecule has 15 heavy (non-hydrogen) atoms. The Bertz CT molecular complexity index is 459. The van der Waals surface area contributed by atoms with Gasteiger partial charge in [-0.3, -0.25) is 4.68 Å². The number of aromatic nitrogens is 2. The summed E-state index contributed by atoms with van der Waals surface area (Å²) in [5, 5.41) is 5.45. The van der Waals surface area contributed by atoms with Gasteiger partial charge in [-0.15, -0.1) is 0 Å². The van der Waals surface area contributed by atoms with E-state index in [-0.39, 0.29) is 0 Å². The van der Waals surface area contributed by atoms with Gasteiger partial charge in [0.1, 0.15) is 0 Å². The van der Waals surface area contributed by atoms with Crippen molar-refractivity contribution in [3.63, 3.8) is 0 Å². The zero-order chi connectivity index (χ0) is 10.8. The van der Waals surface area contributed by atoms with Crippen molar-refractivity contribution in [1.29, 1.82) is 0 Å². The Kier molecular flexibility index (Phi) is 2.73. The van der Waals surface area contributed by atoms with Gasteiger partial charge in [0.15, 0.2) is 0 Å². The van der Waals surface area contributed by atoms with Crippen molar-refractivity contribution in [2.75, 3.05) is 13.6 Å². The van der Waals surface area contributed by atoms with Crippen LogP contribution >= 0.6 is 0 Å². The third-order valence-electron chi connectivity index (χ3n) is 2.81. The molecule has 0 aliphatic carbocycles. The highest BCUT2D eigenvalue weighted by atomic mass is 15.2. The van der Waals surface area contributed by atoms with Crippen LogP contribution in [0.5, 0.6) is 0 Å². The molecule has 0 aliphatic heterocycles. The minimum absolute atomic E-state index is 0.998. The largest absolute Gasteiger partial charge is 0.302 e. The van der Waals surface area contributed by atoms with E-state index in [1.807, 2.05) is 17.9 Å². The van der Waals surface area contributed by atoms with Crippen molar-refractivity contribution in [3.8, 4) is 0 Å². The smallest absolute Gasteiger partial charge is 0.0682 e. The lowest BCUT2D eigenvalue weighted by molar-refractivity contribution is 0.346. The fraction of sp³-hybridized carbons (Fsp3) is 0.417. The van der Waals surface area contributed by atoms with Gasteiger partial charge in [0.2, 0.25) is 0 Å². The summed E-state index contributed by atoms with van der Waals surface area (Å²) in [5.41, 5.74) is 2.55. The van der Waals surface area contributed by atoms with Crippen LogP contribution in [-0.4, -0.2) is 28.3 Å². The van der Waals surface area contributed by atoms with Crippen LogP contribution in [0.25, 0.3) is 10.9 Å². The Morgan fingerprint density at radius 1 is 1.40 bits per heavy atom. The lowest BCUT2D eigenvalue weighted by Gasteiger charge is -2.13. The molecule has 0 fully saturated rings. The molecule has 0 atom stereocenters. The third-order valence-corrected chi connectivity index (χ3v) is 2.81. The first-order valence-electron chi connectivity index (χ1n) is 5.30. The van der Waals surface area contributed by atoms with Gasteiger partial charge in [0.05, 0.1) is 11.7 Å². The topological polar surface area (TPSA) is 21.1 Å². The Balaban J connectivity index is 2.33. The predicted octanol–water partition coefficient (Wildman–Crippen LogP) is 2.02. The number of hydrogen-bond donors (Lipinski definition) is 0. The fourth-order valence-corrected chi connectivity index (χ4v) is 1.71. The monoisotopic (exact) mass is 203 g/mol. The molecular formula is C12H17N3. The van der Waals surface area contributed by atoms with Crippen LogP contribution in [0.1, 0.15) is 12.5 Å². The standard InChI is InChI=1S/C12H17N3/c1-4-14(2)9-10-5-6-11-8-13-15(3)12(11)7-10/h5-8H,4,9H2,1-3H3. The van der Waals surface area contributed by atoms with Crippen LogP contribution in [0.15, 0.2) is 24.4 Å². The third kappa shape index (κ3) is 2.02. The van der Waals surface area contributed by atoms with Crippen molar-refractivity contribution in [3.05, 3.63) is 30.0 Å². The van der Waals surface area contributed by atoms with E-state index in [1.54, 1.807) is 0 Å². The number of benzene rings is 1. The molecule has 3 nitrogen and oxygen atoms in total. The Hall–Kier alpha value is -1.35. The molecule has 0 saturated carbocycles. The van der Waals surface area contributed by atoms with E-state index in [1.165, 1.54) is 16.5 Å². The van der Waals surface area contributed by atoms with Crippen molar-refractivity contribution in [2.24, 2.45) is 7.05 Å². The van der Waals surface area contributed by atoms with Crippen molar-refractivity contribution in [2.45, 2.75) is 13.5 Å². The van der Waals surface area contributed by atoms with Crippen molar-refractivity contribution in [1.82, 2.24) is 14.7 Å². The van der Waals surface area contributed by atoms with Crippen molar-refractivity contribution >= 4 is 10.9 Å². The molecule has 2 rings (SSSR count). The molecule has 0 amide bonds. The summed E-state index contributed by atoms with van der Waals surface area (Å²) in [4.78, 5) is 2.29. The maximum Gasteiger partial charge on any atom is 0.0682 e. The first-order chi connectivity index (χ1) is 7.20. The van der Waals surface area contributed by atoms with Crippen LogP contribution in [0.2, 0.25) is 0 Å². The molecular weight excluding hydrogens is 186 g/mol. The number of fused-ring (bicyclic) bond motifs is 1. The van der Waals surface area contributed by atoms with Gasteiger partial charge >= 0.3 is 0 Å². The maximum absolute atomic E-state index is 4.24. The molecule has 1 aromatic heterocycles. The first kappa shape index (κ1) is 10.2. The second-order valence-electron chi connectivity index (χ2n) is 3.99. The minimum Gasteiger partial charge on any atom is -0.302 e. The van der Waals surface area contributed by atoms with Gasteiger partial charge in [0, 0.05) is 19.0 Å². The van der Waals surface area contributed by atoms with Crippen LogP contribution in [-0.2, 0) is 13.6 Å². The molecule has 0 bridgehead atoms. The highest BCUT2D eigenvalue weighted by Gasteiger charge is 2.02. The summed E-state index contributed by atoms with van der Waals surface area (Å²) >= 11 is 0. The highest BCUT2D eigenvalue weighted by molar-refractivity contribution is 5.79. The average molecular weight is 203 g/mol. The summed E-state index contributed by atoms with van der Waals surface area (Å²) in [5.74, 6) is 0. The van der Waals surface area contributed by atoms with Crippen molar-refractivity contribution < 1.29 is 0 Å². The van der Waals surface area contributed by atoms with Crippen LogP contribution in [0, 0.1) is 0 Å². The highest BCUT2D eigenvalue weighted by Crippen LogP contribution is 2.15. The maximum atomic E-state index is 4.24. The van der Waals surface area contributed by atoms with E-state index in [2.05, 4.69) is 42.2 Å². The van der Waals surface area contributed by atoms with E-state index in [0.29, 0.717) is 0 Å². The molecule has 2 aromatic rings. The van der Waals surface area contributed by atoms with E-state index >= 15 is 0 Å². The summed E-state index contributed by atoms with van der Waals surface area (Å²) in [6.45, 7) is 4.24. The number of aryl methyl sites for hydroxylation is 1. The molecule has 1 heterocycles. The Labute approximate surface area is 90.3 Å². The first-order valence-corrected chi connectivity index (χ1v) is 5.30. The normalized spacial score (nSPS) is 11.5. The summed E-state index contributed by atoms with van der Waals surface area (Å²) < 4.78 is 1.92. The van der Waals surface area contributed by atoms with Gasteiger partial charge < -0.3 is 4.90 Å². The molecule has 80 valence electrons. The van der Waals surface area contributed by atoms with Crippen LogP contribution < -0.4 is 0 Å². The van der Waals surface area contributed by atoms with E-state index in [9.17, 15) is 0 Å². The lowest BCUT2D eigenvalue weighted by Crippen LogP contribution is -2.16. The van der Waals surface area contributed by atoms with Gasteiger partial charge in [-0.2, -0.15) is 5.10 Å². The molecule has 3 heteroatoms. The molecule has 1 aromatic carbocycles. The van der Waals surface area contributed by atoms with Gasteiger partial charge in [-0.05, 0) is 25.2 Å². The van der Waals surface area contributed by atoms with Crippen LogP contribution in [0.3, 0.4) is 0 Å². The Morgan fingerprint density at radius 2 is 2.20 bits per heavy atom. The number of nitrogens with zero attached hydrogens (tertiary/aromatic N) is 3. The minimum atomic E-state index is 0.998. The van der Waals surface area contributed by atoms with E-state index in [0.717, 1.165) is 13.1 Å². The molecule has 0 saturated heterocycles. The fourth-order valence-electron chi connectivity index (χ4n) is 1.71. The molecule has 0 N–H and O–H groups in total. The summed E-state index contributed by atoms with van der Waals surface area (Å²) in [6, 6.07) is 6.53. The zero-order valence-corrected chi connectivity index (χ0v) is 9.57. The van der Waals surface area contributed by atoms with Gasteiger partial charge in [-0.25, -0.2) is 0 Å². The molecule has 0 radical (unpaired) electrons. The van der Waals surface area contributed by atoms with Crippen LogP contribution in [0.4, 0.5) is 0 Å². The molecule has 0 unspecified atom stereocenters. The van der Waals surface area contributed by atoms with E-state index in [4.69, 9.17) is 0 Å². The van der Waals surface area contributed by atoms with Gasteiger partial charge in [-0.1, -0.05) is 19.1 Å². The second kappa shape index (κ2) is 4.03. The average Bonchev–Trinajstić information content (AvgIpc) is 2.60. The molecule has 0 spiro atoms. The van der Waals surface area contributed by atoms with E-state index < -0.39 is 0 Å². The molecule has 0 aliphatic rings. The summed E-state index contributed by atoms with van der Waals surface area (Å²) in [7, 11) is 4.11.